The number of carbonyl (C=O) groups excluding carboxylic acids is 1. The van der Waals surface area contributed by atoms with E-state index >= 15 is 0 Å². The molecule has 1 amide bonds. The lowest BCUT2D eigenvalue weighted by molar-refractivity contribution is -0.140. The zero-order valence-electron chi connectivity index (χ0n) is 8.43. The number of halogens is 5. The van der Waals surface area contributed by atoms with Gasteiger partial charge in [-0.3, -0.25) is 4.79 Å². The molecule has 8 heteroatoms. The van der Waals surface area contributed by atoms with Crippen molar-refractivity contribution in [2.75, 3.05) is 18.4 Å². The van der Waals surface area contributed by atoms with Gasteiger partial charge in [-0.15, -0.1) is 0 Å². The van der Waals surface area contributed by atoms with Gasteiger partial charge in [0.2, 0.25) is 0 Å². The smallest absolute Gasteiger partial charge is 0.406 e. The Kier molecular flexibility index (Phi) is 4.88. The van der Waals surface area contributed by atoms with Crippen LogP contribution in [0.15, 0.2) is 16.5 Å². The highest BCUT2D eigenvalue weighted by Gasteiger charge is 2.33. The van der Waals surface area contributed by atoms with Crippen LogP contribution in [0.2, 0.25) is 5.22 Å². The summed E-state index contributed by atoms with van der Waals surface area (Å²) in [5.74, 6) is -1.05. The van der Waals surface area contributed by atoms with E-state index in [9.17, 15) is 18.0 Å². The largest absolute Gasteiger partial charge is 0.440 e. The van der Waals surface area contributed by atoms with Gasteiger partial charge in [-0.25, -0.2) is 0 Å². The third-order valence-corrected chi connectivity index (χ3v) is 2.35. The van der Waals surface area contributed by atoms with E-state index in [1.54, 1.807) is 0 Å². The summed E-state index contributed by atoms with van der Waals surface area (Å²) in [6, 6.07) is 2.54. The van der Waals surface area contributed by atoms with Crippen LogP contribution in [0.25, 0.3) is 0 Å². The Morgan fingerprint density at radius 2 is 2.12 bits per heavy atom. The maximum absolute atomic E-state index is 12.2. The van der Waals surface area contributed by atoms with Crippen molar-refractivity contribution in [2.45, 2.75) is 6.18 Å². The van der Waals surface area contributed by atoms with Crippen molar-refractivity contribution in [3.8, 4) is 0 Å². The first-order chi connectivity index (χ1) is 7.83. The molecule has 1 aromatic heterocycles. The fourth-order valence-electron chi connectivity index (χ4n) is 1.16. The van der Waals surface area contributed by atoms with Gasteiger partial charge in [0.1, 0.15) is 6.54 Å². The normalized spacial score (nSPS) is 11.6. The van der Waals surface area contributed by atoms with Gasteiger partial charge >= 0.3 is 6.18 Å². The maximum atomic E-state index is 12.2. The third kappa shape index (κ3) is 4.59. The molecule has 1 aromatic rings. The van der Waals surface area contributed by atoms with Gasteiger partial charge in [-0.05, 0) is 23.7 Å². The van der Waals surface area contributed by atoms with Crippen LogP contribution < -0.4 is 0 Å². The van der Waals surface area contributed by atoms with Crippen molar-refractivity contribution < 1.29 is 22.4 Å². The van der Waals surface area contributed by atoms with Gasteiger partial charge in [0.05, 0.1) is 0 Å². The van der Waals surface area contributed by atoms with Crippen molar-refractivity contribution in [1.82, 2.24) is 4.90 Å². The van der Waals surface area contributed by atoms with Crippen molar-refractivity contribution >= 4 is 33.4 Å². The lowest BCUT2D eigenvalue weighted by atomic mass is 10.3. The SMILES string of the molecule is O=C(c1ccc(Cl)o1)N(CCBr)CC(F)(F)F. The number of hydrogen-bond donors (Lipinski definition) is 0. The van der Waals surface area contributed by atoms with Gasteiger partial charge in [-0.2, -0.15) is 13.2 Å². The first kappa shape index (κ1) is 14.4. The van der Waals surface area contributed by atoms with E-state index in [4.69, 9.17) is 16.0 Å². The fourth-order valence-corrected chi connectivity index (χ4v) is 1.73. The number of alkyl halides is 4. The van der Waals surface area contributed by atoms with Crippen molar-refractivity contribution in [3.63, 3.8) is 0 Å². The second-order valence-electron chi connectivity index (χ2n) is 3.13. The van der Waals surface area contributed by atoms with Crippen LogP contribution in [0.5, 0.6) is 0 Å². The summed E-state index contributed by atoms with van der Waals surface area (Å²) in [6.45, 7) is -1.40. The Labute approximate surface area is 109 Å². The quantitative estimate of drug-likeness (QED) is 0.791. The van der Waals surface area contributed by atoms with Crippen molar-refractivity contribution in [1.29, 1.82) is 0 Å². The molecule has 96 valence electrons. The number of hydrogen-bond acceptors (Lipinski definition) is 2. The third-order valence-electron chi connectivity index (χ3n) is 1.80. The summed E-state index contributed by atoms with van der Waals surface area (Å²) in [5, 5.41) is 0.197. The minimum Gasteiger partial charge on any atom is -0.440 e. The summed E-state index contributed by atoms with van der Waals surface area (Å²) in [4.78, 5) is 12.3. The first-order valence-electron chi connectivity index (χ1n) is 4.51. The van der Waals surface area contributed by atoms with E-state index in [-0.39, 0.29) is 22.9 Å². The molecule has 0 fully saturated rings. The number of carbonyl (C=O) groups is 1. The molecule has 17 heavy (non-hydrogen) atoms. The van der Waals surface area contributed by atoms with Gasteiger partial charge in [-0.1, -0.05) is 15.9 Å². The van der Waals surface area contributed by atoms with Crippen LogP contribution in [-0.4, -0.2) is 35.4 Å². The average molecular weight is 335 g/mol. The van der Waals surface area contributed by atoms with Gasteiger partial charge in [0.25, 0.3) is 5.91 Å². The van der Waals surface area contributed by atoms with E-state index < -0.39 is 18.6 Å². The molecule has 0 saturated heterocycles. The molecule has 1 rings (SSSR count). The molecule has 0 spiro atoms. The highest BCUT2D eigenvalue weighted by molar-refractivity contribution is 9.09. The van der Waals surface area contributed by atoms with Crippen LogP contribution in [-0.2, 0) is 0 Å². The van der Waals surface area contributed by atoms with Crippen LogP contribution in [0.3, 0.4) is 0 Å². The molecular formula is C9H8BrClF3NO2. The van der Waals surface area contributed by atoms with Crippen LogP contribution in [0.4, 0.5) is 13.2 Å². The maximum Gasteiger partial charge on any atom is 0.406 e. The number of furan rings is 1. The molecule has 1 heterocycles. The van der Waals surface area contributed by atoms with Crippen LogP contribution in [0, 0.1) is 0 Å². The summed E-state index contributed by atoms with van der Waals surface area (Å²) in [5.41, 5.74) is 0. The van der Waals surface area contributed by atoms with E-state index in [1.807, 2.05) is 0 Å². The molecule has 0 saturated carbocycles. The molecule has 0 bridgehead atoms. The van der Waals surface area contributed by atoms with Crippen LogP contribution in [0.1, 0.15) is 10.6 Å². The van der Waals surface area contributed by atoms with Gasteiger partial charge in [0.15, 0.2) is 11.0 Å². The monoisotopic (exact) mass is 333 g/mol. The molecule has 0 aromatic carbocycles. The molecule has 0 aliphatic rings. The molecule has 0 N–H and O–H groups in total. The molecular weight excluding hydrogens is 326 g/mol. The first-order valence-corrected chi connectivity index (χ1v) is 6.01. The second kappa shape index (κ2) is 5.77. The summed E-state index contributed by atoms with van der Waals surface area (Å²) in [6.07, 6.45) is -4.45. The van der Waals surface area contributed by atoms with Crippen LogP contribution >= 0.6 is 27.5 Å². The van der Waals surface area contributed by atoms with Crippen molar-refractivity contribution in [2.24, 2.45) is 0 Å². The zero-order valence-corrected chi connectivity index (χ0v) is 10.8. The fraction of sp³-hybridized carbons (Fsp3) is 0.444. The van der Waals surface area contributed by atoms with E-state index in [2.05, 4.69) is 15.9 Å². The van der Waals surface area contributed by atoms with E-state index in [0.29, 0.717) is 4.90 Å². The predicted octanol–water partition coefficient (Wildman–Crippen LogP) is 3.33. The molecule has 3 nitrogen and oxygen atoms in total. The highest BCUT2D eigenvalue weighted by Crippen LogP contribution is 2.20. The lowest BCUT2D eigenvalue weighted by Gasteiger charge is -2.21. The Morgan fingerprint density at radius 1 is 1.47 bits per heavy atom. The number of amides is 1. The van der Waals surface area contributed by atoms with E-state index in [0.717, 1.165) is 0 Å². The van der Waals surface area contributed by atoms with Gasteiger partial charge < -0.3 is 9.32 Å². The minimum atomic E-state index is -4.45. The predicted molar refractivity (Wildman–Crippen MR) is 59.5 cm³/mol. The molecule has 0 aliphatic heterocycles. The van der Waals surface area contributed by atoms with Gasteiger partial charge in [0, 0.05) is 11.9 Å². The minimum absolute atomic E-state index is 0.0425. The topological polar surface area (TPSA) is 33.5 Å². The van der Waals surface area contributed by atoms with E-state index in [1.165, 1.54) is 12.1 Å². The Bertz CT molecular complexity index is 394. The lowest BCUT2D eigenvalue weighted by Crippen LogP contribution is -2.39. The second-order valence-corrected chi connectivity index (χ2v) is 4.30. The molecule has 0 unspecified atom stereocenters. The highest BCUT2D eigenvalue weighted by atomic mass is 79.9. The number of nitrogens with zero attached hydrogens (tertiary/aromatic N) is 1. The Balaban J connectivity index is 2.80. The Morgan fingerprint density at radius 3 is 2.53 bits per heavy atom. The molecule has 0 radical (unpaired) electrons. The number of rotatable bonds is 4. The zero-order chi connectivity index (χ0) is 13.1. The molecule has 0 aliphatic carbocycles. The Hall–Kier alpha value is -0.690. The average Bonchev–Trinajstić information content (AvgIpc) is 2.61. The standard InChI is InChI=1S/C9H8BrClF3NO2/c10-3-4-15(5-9(12,13)14)8(16)6-1-2-7(11)17-6/h1-2H,3-5H2. The van der Waals surface area contributed by atoms with Crippen molar-refractivity contribution in [3.05, 3.63) is 23.1 Å². The summed E-state index contributed by atoms with van der Waals surface area (Å²) < 4.78 is 41.5. The summed E-state index contributed by atoms with van der Waals surface area (Å²) in [7, 11) is 0. The molecule has 0 atom stereocenters. The summed E-state index contributed by atoms with van der Waals surface area (Å²) >= 11 is 8.44.